The van der Waals surface area contributed by atoms with Crippen molar-refractivity contribution in [1.82, 2.24) is 0 Å². The molecular formula is C83H150O17P2. The minimum atomic E-state index is -4.99. The molecule has 2 unspecified atom stereocenters. The van der Waals surface area contributed by atoms with Gasteiger partial charge in [-0.3, -0.25) is 37.3 Å². The topological polar surface area (TPSA) is 237 Å². The van der Waals surface area contributed by atoms with E-state index in [1.165, 1.54) is 154 Å². The molecule has 17 nitrogen and oxygen atoms in total. The van der Waals surface area contributed by atoms with E-state index in [1.807, 2.05) is 12.2 Å². The summed E-state index contributed by atoms with van der Waals surface area (Å²) in [7, 11) is -9.96. The van der Waals surface area contributed by atoms with Crippen LogP contribution in [0.3, 0.4) is 0 Å². The highest BCUT2D eigenvalue weighted by molar-refractivity contribution is 7.47. The monoisotopic (exact) mass is 1480 g/mol. The third-order valence-electron chi connectivity index (χ3n) is 17.6. The van der Waals surface area contributed by atoms with Crippen LogP contribution in [-0.2, 0) is 65.4 Å². The lowest BCUT2D eigenvalue weighted by Gasteiger charge is -2.21. The molecule has 0 heterocycles. The summed E-state index contributed by atoms with van der Waals surface area (Å²) in [6, 6.07) is 0. The Hall–Kier alpha value is -3.50. The van der Waals surface area contributed by atoms with Crippen molar-refractivity contribution in [2.45, 2.75) is 393 Å². The predicted octanol–water partition coefficient (Wildman–Crippen LogP) is 24.0. The van der Waals surface area contributed by atoms with E-state index in [9.17, 15) is 43.2 Å². The molecule has 0 rings (SSSR count). The van der Waals surface area contributed by atoms with Gasteiger partial charge in [0, 0.05) is 25.7 Å². The number of hydrogen-bond donors (Lipinski definition) is 3. The Labute approximate surface area is 622 Å². The fourth-order valence-electron chi connectivity index (χ4n) is 11.3. The van der Waals surface area contributed by atoms with Gasteiger partial charge in [-0.1, -0.05) is 306 Å². The minimum Gasteiger partial charge on any atom is -0.462 e. The van der Waals surface area contributed by atoms with E-state index >= 15 is 0 Å². The number of carbonyl (C=O) groups excluding carboxylic acids is 4. The third-order valence-corrected chi connectivity index (χ3v) is 19.5. The SMILES string of the molecule is CCCCC/C=C\C/C=C\C/C=C\C/C=C\CCCC(=O)OC[C@H](COP(=O)(O)OC[C@@H](O)COP(=O)(O)OC[C@@H](COC(=O)CCCCCCCCCCCCCCCCC)OC(=O)CCCCCCCCC/C=C\CCCCCC)OC(=O)CCCCCCC/C=C\CCCCCCCC. The van der Waals surface area contributed by atoms with E-state index in [0.717, 1.165) is 135 Å². The van der Waals surface area contributed by atoms with E-state index < -0.39 is 97.5 Å². The van der Waals surface area contributed by atoms with Crippen LogP contribution in [0.2, 0.25) is 0 Å². The summed E-state index contributed by atoms with van der Waals surface area (Å²) in [5, 5.41) is 10.6. The van der Waals surface area contributed by atoms with Gasteiger partial charge in [-0.15, -0.1) is 0 Å². The van der Waals surface area contributed by atoms with Crippen molar-refractivity contribution >= 4 is 39.5 Å². The van der Waals surface area contributed by atoms with Crippen LogP contribution in [0, 0.1) is 0 Å². The number of phosphoric acid groups is 2. The van der Waals surface area contributed by atoms with E-state index in [2.05, 4.69) is 88.5 Å². The molecule has 0 radical (unpaired) electrons. The van der Waals surface area contributed by atoms with Crippen LogP contribution in [0.4, 0.5) is 0 Å². The maximum Gasteiger partial charge on any atom is 0.472 e. The summed E-state index contributed by atoms with van der Waals surface area (Å²) in [5.41, 5.74) is 0. The number of hydrogen-bond acceptors (Lipinski definition) is 15. The molecule has 0 saturated heterocycles. The lowest BCUT2D eigenvalue weighted by atomic mass is 10.0. The van der Waals surface area contributed by atoms with Gasteiger partial charge in [0.2, 0.25) is 0 Å². The fourth-order valence-corrected chi connectivity index (χ4v) is 12.9. The lowest BCUT2D eigenvalue weighted by Crippen LogP contribution is -2.30. The number of ether oxygens (including phenoxy) is 4. The van der Waals surface area contributed by atoms with Gasteiger partial charge >= 0.3 is 39.5 Å². The smallest absolute Gasteiger partial charge is 0.462 e. The second-order valence-corrected chi connectivity index (χ2v) is 30.6. The first-order valence-corrected chi connectivity index (χ1v) is 44.2. The molecule has 0 bridgehead atoms. The Balaban J connectivity index is 5.38. The van der Waals surface area contributed by atoms with Crippen LogP contribution < -0.4 is 0 Å². The molecule has 3 N–H and O–H groups in total. The minimum absolute atomic E-state index is 0.0762. The second kappa shape index (κ2) is 75.7. The lowest BCUT2D eigenvalue weighted by molar-refractivity contribution is -0.161. The van der Waals surface area contributed by atoms with Crippen molar-refractivity contribution in [2.75, 3.05) is 39.6 Å². The van der Waals surface area contributed by atoms with Gasteiger partial charge in [0.25, 0.3) is 0 Å². The summed E-state index contributed by atoms with van der Waals surface area (Å²) in [5.74, 6) is -2.22. The Morgan fingerprint density at radius 1 is 0.275 bits per heavy atom. The molecule has 0 spiro atoms. The number of carbonyl (C=O) groups is 4. The zero-order chi connectivity index (χ0) is 74.6. The van der Waals surface area contributed by atoms with Crippen LogP contribution in [0.5, 0.6) is 0 Å². The van der Waals surface area contributed by atoms with Crippen LogP contribution in [-0.4, -0.2) is 96.7 Å². The third kappa shape index (κ3) is 74.8. The first-order chi connectivity index (χ1) is 49.7. The molecule has 0 aliphatic rings. The molecule has 0 aromatic heterocycles. The van der Waals surface area contributed by atoms with Crippen molar-refractivity contribution in [1.29, 1.82) is 0 Å². The van der Waals surface area contributed by atoms with Gasteiger partial charge in [0.15, 0.2) is 12.2 Å². The number of aliphatic hydroxyl groups is 1. The largest absolute Gasteiger partial charge is 0.472 e. The van der Waals surface area contributed by atoms with Gasteiger partial charge < -0.3 is 33.8 Å². The van der Waals surface area contributed by atoms with Crippen molar-refractivity contribution < 1.29 is 80.2 Å². The number of allylic oxidation sites excluding steroid dienone is 12. The first kappa shape index (κ1) is 98.5. The molecule has 0 fully saturated rings. The van der Waals surface area contributed by atoms with E-state index in [-0.39, 0.29) is 25.7 Å². The normalized spacial score (nSPS) is 14.2. The maximum absolute atomic E-state index is 13.1. The molecule has 19 heteroatoms. The molecule has 0 aromatic carbocycles. The van der Waals surface area contributed by atoms with Crippen LogP contribution in [0.1, 0.15) is 374 Å². The average Bonchev–Trinajstić information content (AvgIpc) is 0.923. The predicted molar refractivity (Wildman–Crippen MR) is 418 cm³/mol. The zero-order valence-electron chi connectivity index (χ0n) is 65.0. The van der Waals surface area contributed by atoms with E-state index in [1.54, 1.807) is 0 Å². The van der Waals surface area contributed by atoms with Gasteiger partial charge in [-0.2, -0.15) is 0 Å². The van der Waals surface area contributed by atoms with E-state index in [0.29, 0.717) is 32.1 Å². The molecule has 0 saturated carbocycles. The van der Waals surface area contributed by atoms with Crippen LogP contribution in [0.15, 0.2) is 72.9 Å². The molecule has 594 valence electrons. The van der Waals surface area contributed by atoms with Gasteiger partial charge in [0.1, 0.15) is 19.3 Å². The maximum atomic E-state index is 13.1. The standard InChI is InChI=1S/C83H150O17P2/c1-5-9-13-17-21-25-29-33-37-38-42-44-48-52-56-60-64-68-81(86)94-74-79(100-83(88)70-66-62-58-54-50-46-41-36-32-28-24-20-16-12-8-4)76-98-102(91,92)96-72-77(84)71-95-101(89,90)97-75-78(99-82(87)69-65-61-57-53-49-45-40-35-31-27-23-19-15-11-7-3)73-93-80(85)67-63-59-55-51-47-43-39-34-30-26-22-18-14-10-6-2/h21,25,27,31,33,36-37,41-42,44,52,56,77-79,84H,5-20,22-24,26,28-30,32,34-35,38-40,43,45-51,53-55,57-76H2,1-4H3,(H,89,90)(H,91,92)/b25-21-,31-27-,37-33-,41-36-,44-42-,56-52-/t77-,78+,79+/m0/s1. The summed E-state index contributed by atoms with van der Waals surface area (Å²) in [4.78, 5) is 73.0. The fraction of sp³-hybridized carbons (Fsp3) is 0.807. The number of esters is 4. The van der Waals surface area contributed by atoms with Crippen molar-refractivity contribution in [2.24, 2.45) is 0 Å². The molecule has 0 aliphatic heterocycles. The van der Waals surface area contributed by atoms with Gasteiger partial charge in [-0.25, -0.2) is 9.13 Å². The molecule has 0 aliphatic carbocycles. The highest BCUT2D eigenvalue weighted by Crippen LogP contribution is 2.45. The average molecular weight is 1480 g/mol. The quantitative estimate of drug-likeness (QED) is 0.0169. The van der Waals surface area contributed by atoms with E-state index in [4.69, 9.17) is 37.0 Å². The van der Waals surface area contributed by atoms with Crippen LogP contribution >= 0.6 is 15.6 Å². The molecule has 0 aromatic rings. The molecular weight excluding hydrogens is 1330 g/mol. The summed E-state index contributed by atoms with van der Waals surface area (Å²) >= 11 is 0. The van der Waals surface area contributed by atoms with Gasteiger partial charge in [-0.05, 0) is 116 Å². The zero-order valence-corrected chi connectivity index (χ0v) is 66.8. The Morgan fingerprint density at radius 3 is 0.814 bits per heavy atom. The number of unbranched alkanes of at least 4 members (excludes halogenated alkanes) is 40. The Kier molecular flexibility index (Phi) is 73.1. The number of phosphoric ester groups is 2. The van der Waals surface area contributed by atoms with Crippen molar-refractivity contribution in [3.63, 3.8) is 0 Å². The second-order valence-electron chi connectivity index (χ2n) is 27.7. The molecule has 102 heavy (non-hydrogen) atoms. The molecule has 5 atom stereocenters. The van der Waals surface area contributed by atoms with Crippen LogP contribution in [0.25, 0.3) is 0 Å². The van der Waals surface area contributed by atoms with Crippen molar-refractivity contribution in [3.05, 3.63) is 72.9 Å². The highest BCUT2D eigenvalue weighted by atomic mass is 31.2. The summed E-state index contributed by atoms with van der Waals surface area (Å²) < 4.78 is 68.6. The molecule has 0 amide bonds. The highest BCUT2D eigenvalue weighted by Gasteiger charge is 2.30. The van der Waals surface area contributed by atoms with Crippen molar-refractivity contribution in [3.8, 4) is 0 Å². The summed E-state index contributed by atoms with van der Waals surface area (Å²) in [6.45, 7) is 4.83. The number of rotatable bonds is 78. The van der Waals surface area contributed by atoms with Gasteiger partial charge in [0.05, 0.1) is 26.4 Å². The first-order valence-electron chi connectivity index (χ1n) is 41.2. The Morgan fingerprint density at radius 2 is 0.490 bits per heavy atom. The summed E-state index contributed by atoms with van der Waals surface area (Å²) in [6.07, 6.45) is 77.3. The Bertz CT molecular complexity index is 2210. The number of aliphatic hydroxyl groups excluding tert-OH is 1.